The summed E-state index contributed by atoms with van der Waals surface area (Å²) in [6, 6.07) is 10.4. The van der Waals surface area contributed by atoms with Crippen LogP contribution < -0.4 is 5.32 Å². The van der Waals surface area contributed by atoms with Gasteiger partial charge in [0.2, 0.25) is 0 Å². The van der Waals surface area contributed by atoms with Gasteiger partial charge in [0.1, 0.15) is 0 Å². The van der Waals surface area contributed by atoms with Gasteiger partial charge < -0.3 is 15.0 Å². The standard InChI is InChI=1S/C18H28N2O/c1-20-17-7-8-18(20)10-16(9-17)12-19-11-14-3-5-15(6-4-14)13-21-2/h3-6,16-19H,7-13H2,1-2H3. The molecule has 3 heteroatoms. The Kier molecular flexibility index (Phi) is 4.94. The summed E-state index contributed by atoms with van der Waals surface area (Å²) in [5.41, 5.74) is 2.61. The summed E-state index contributed by atoms with van der Waals surface area (Å²) in [4.78, 5) is 2.62. The maximum atomic E-state index is 5.14. The van der Waals surface area contributed by atoms with E-state index in [1.54, 1.807) is 7.11 Å². The minimum Gasteiger partial charge on any atom is -0.380 e. The van der Waals surface area contributed by atoms with Crippen molar-refractivity contribution in [3.63, 3.8) is 0 Å². The third kappa shape index (κ3) is 3.65. The number of hydrogen-bond donors (Lipinski definition) is 1. The van der Waals surface area contributed by atoms with Crippen LogP contribution in [-0.2, 0) is 17.9 Å². The molecule has 2 atom stereocenters. The average Bonchev–Trinajstić information content (AvgIpc) is 2.72. The first-order valence-corrected chi connectivity index (χ1v) is 8.25. The van der Waals surface area contributed by atoms with E-state index in [2.05, 4.69) is 41.5 Å². The summed E-state index contributed by atoms with van der Waals surface area (Å²) in [7, 11) is 4.05. The van der Waals surface area contributed by atoms with Crippen molar-refractivity contribution in [3.8, 4) is 0 Å². The van der Waals surface area contributed by atoms with Crippen molar-refractivity contribution in [3.05, 3.63) is 35.4 Å². The van der Waals surface area contributed by atoms with E-state index in [-0.39, 0.29) is 0 Å². The Labute approximate surface area is 128 Å². The number of rotatable bonds is 6. The summed E-state index contributed by atoms with van der Waals surface area (Å²) >= 11 is 0. The van der Waals surface area contributed by atoms with E-state index in [1.807, 2.05) is 0 Å². The molecule has 2 bridgehead atoms. The summed E-state index contributed by atoms with van der Waals surface area (Å²) < 4.78 is 5.14. The Morgan fingerprint density at radius 2 is 1.71 bits per heavy atom. The van der Waals surface area contributed by atoms with Gasteiger partial charge in [-0.2, -0.15) is 0 Å². The molecule has 116 valence electrons. The molecule has 21 heavy (non-hydrogen) atoms. The number of benzene rings is 1. The number of methoxy groups -OCH3 is 1. The van der Waals surface area contributed by atoms with Crippen LogP contribution in [0.4, 0.5) is 0 Å². The van der Waals surface area contributed by atoms with Crippen LogP contribution in [0.3, 0.4) is 0 Å². The Hall–Kier alpha value is -0.900. The fourth-order valence-corrected chi connectivity index (χ4v) is 4.03. The molecule has 0 radical (unpaired) electrons. The topological polar surface area (TPSA) is 24.5 Å². The number of piperidine rings is 1. The smallest absolute Gasteiger partial charge is 0.0713 e. The Bertz CT molecular complexity index is 431. The van der Waals surface area contributed by atoms with E-state index in [0.717, 1.165) is 24.5 Å². The van der Waals surface area contributed by atoms with Gasteiger partial charge in [-0.1, -0.05) is 24.3 Å². The Balaban J connectivity index is 1.42. The minimum atomic E-state index is 0.700. The molecule has 0 saturated carbocycles. The van der Waals surface area contributed by atoms with Crippen LogP contribution in [0, 0.1) is 5.92 Å². The third-order valence-electron chi connectivity index (χ3n) is 5.29. The van der Waals surface area contributed by atoms with E-state index in [1.165, 1.54) is 43.4 Å². The lowest BCUT2D eigenvalue weighted by Gasteiger charge is -2.36. The van der Waals surface area contributed by atoms with Crippen molar-refractivity contribution in [2.45, 2.75) is 50.9 Å². The molecule has 1 N–H and O–H groups in total. The third-order valence-corrected chi connectivity index (χ3v) is 5.29. The molecular formula is C18H28N2O. The van der Waals surface area contributed by atoms with E-state index in [0.29, 0.717) is 6.61 Å². The van der Waals surface area contributed by atoms with Crippen LogP contribution in [0.15, 0.2) is 24.3 Å². The molecule has 2 aliphatic rings. The number of hydrogen-bond acceptors (Lipinski definition) is 3. The van der Waals surface area contributed by atoms with Crippen LogP contribution in [-0.4, -0.2) is 37.7 Å². The number of fused-ring (bicyclic) bond motifs is 2. The van der Waals surface area contributed by atoms with Crippen molar-refractivity contribution in [2.24, 2.45) is 5.92 Å². The van der Waals surface area contributed by atoms with Gasteiger partial charge in [-0.3, -0.25) is 0 Å². The summed E-state index contributed by atoms with van der Waals surface area (Å²) in [5.74, 6) is 0.867. The van der Waals surface area contributed by atoms with Gasteiger partial charge in [0.15, 0.2) is 0 Å². The number of nitrogens with zero attached hydrogens (tertiary/aromatic N) is 1. The molecular weight excluding hydrogens is 260 g/mol. The predicted octanol–water partition coefficient (Wildman–Crippen LogP) is 2.80. The second kappa shape index (κ2) is 6.91. The van der Waals surface area contributed by atoms with Gasteiger partial charge in [-0.25, -0.2) is 0 Å². The number of nitrogens with one attached hydrogen (secondary N) is 1. The fraction of sp³-hybridized carbons (Fsp3) is 0.667. The summed E-state index contributed by atoms with van der Waals surface area (Å²) in [6.07, 6.45) is 5.59. The highest BCUT2D eigenvalue weighted by Gasteiger charge is 2.37. The van der Waals surface area contributed by atoms with E-state index >= 15 is 0 Å². The molecule has 1 aromatic carbocycles. The second-order valence-electron chi connectivity index (χ2n) is 6.77. The Morgan fingerprint density at radius 1 is 1.10 bits per heavy atom. The molecule has 2 unspecified atom stereocenters. The molecule has 0 aromatic heterocycles. The highest BCUT2D eigenvalue weighted by Crippen LogP contribution is 2.36. The van der Waals surface area contributed by atoms with Crippen LogP contribution in [0.5, 0.6) is 0 Å². The number of ether oxygens (including phenoxy) is 1. The van der Waals surface area contributed by atoms with Crippen molar-refractivity contribution < 1.29 is 4.74 Å². The SMILES string of the molecule is COCc1ccc(CNCC2CC3CCC(C2)N3C)cc1. The lowest BCUT2D eigenvalue weighted by molar-refractivity contribution is 0.133. The quantitative estimate of drug-likeness (QED) is 0.871. The monoisotopic (exact) mass is 288 g/mol. The van der Waals surface area contributed by atoms with E-state index < -0.39 is 0 Å². The van der Waals surface area contributed by atoms with Crippen molar-refractivity contribution in [1.29, 1.82) is 0 Å². The maximum Gasteiger partial charge on any atom is 0.0713 e. The lowest BCUT2D eigenvalue weighted by Crippen LogP contribution is -2.42. The molecule has 2 fully saturated rings. The van der Waals surface area contributed by atoms with Crippen LogP contribution in [0.25, 0.3) is 0 Å². The first kappa shape index (κ1) is 15.0. The van der Waals surface area contributed by atoms with Crippen molar-refractivity contribution >= 4 is 0 Å². The Morgan fingerprint density at radius 3 is 2.33 bits per heavy atom. The van der Waals surface area contributed by atoms with E-state index in [9.17, 15) is 0 Å². The normalized spacial score (nSPS) is 29.0. The van der Waals surface area contributed by atoms with Gasteiger partial charge >= 0.3 is 0 Å². The zero-order valence-corrected chi connectivity index (χ0v) is 13.3. The summed E-state index contributed by atoms with van der Waals surface area (Å²) in [5, 5.41) is 3.66. The minimum absolute atomic E-state index is 0.700. The molecule has 3 nitrogen and oxygen atoms in total. The van der Waals surface area contributed by atoms with Crippen LogP contribution in [0.1, 0.15) is 36.8 Å². The van der Waals surface area contributed by atoms with E-state index in [4.69, 9.17) is 4.74 Å². The molecule has 1 aromatic rings. The van der Waals surface area contributed by atoms with Crippen LogP contribution >= 0.6 is 0 Å². The first-order chi connectivity index (χ1) is 10.3. The van der Waals surface area contributed by atoms with Gasteiger partial charge in [-0.05, 0) is 56.3 Å². The second-order valence-corrected chi connectivity index (χ2v) is 6.77. The fourth-order valence-electron chi connectivity index (χ4n) is 4.03. The molecule has 0 amide bonds. The highest BCUT2D eigenvalue weighted by molar-refractivity contribution is 5.21. The van der Waals surface area contributed by atoms with Gasteiger partial charge in [0.05, 0.1) is 6.61 Å². The predicted molar refractivity (Wildman–Crippen MR) is 86.2 cm³/mol. The average molecular weight is 288 g/mol. The molecule has 2 aliphatic heterocycles. The highest BCUT2D eigenvalue weighted by atomic mass is 16.5. The maximum absolute atomic E-state index is 5.14. The lowest BCUT2D eigenvalue weighted by atomic mass is 9.91. The first-order valence-electron chi connectivity index (χ1n) is 8.25. The zero-order chi connectivity index (χ0) is 14.7. The molecule has 3 rings (SSSR count). The van der Waals surface area contributed by atoms with Gasteiger partial charge in [0.25, 0.3) is 0 Å². The molecule has 0 aliphatic carbocycles. The largest absolute Gasteiger partial charge is 0.380 e. The zero-order valence-electron chi connectivity index (χ0n) is 13.3. The van der Waals surface area contributed by atoms with Crippen LogP contribution in [0.2, 0.25) is 0 Å². The molecule has 2 heterocycles. The van der Waals surface area contributed by atoms with Gasteiger partial charge in [0, 0.05) is 25.7 Å². The molecule has 2 saturated heterocycles. The van der Waals surface area contributed by atoms with Crippen molar-refractivity contribution in [2.75, 3.05) is 20.7 Å². The van der Waals surface area contributed by atoms with Crippen molar-refractivity contribution in [1.82, 2.24) is 10.2 Å². The van der Waals surface area contributed by atoms with Gasteiger partial charge in [-0.15, -0.1) is 0 Å². The summed E-state index contributed by atoms with van der Waals surface area (Å²) in [6.45, 7) is 2.85. The molecule has 0 spiro atoms.